The lowest BCUT2D eigenvalue weighted by molar-refractivity contribution is -0.193. The second kappa shape index (κ2) is 7.46. The van der Waals surface area contributed by atoms with Crippen LogP contribution < -0.4 is 0 Å². The van der Waals surface area contributed by atoms with Crippen molar-refractivity contribution < 1.29 is 24.5 Å². The van der Waals surface area contributed by atoms with E-state index in [1.165, 1.54) is 11.8 Å². The van der Waals surface area contributed by atoms with E-state index < -0.39 is 35.8 Å². The molecular formula is C16H22O5S. The molecule has 22 heavy (non-hydrogen) atoms. The van der Waals surface area contributed by atoms with E-state index >= 15 is 0 Å². The standard InChI is InChI=1S/C16H22O5S/c1-9(2)22-16-13(18)12(17)14(10(3)20-16)21-15(19)11-7-5-4-6-8-11/h4-10,12-14,16-18H,1-3H3/t10-,12-,13+,14-,16-/m0/s1. The highest BCUT2D eigenvalue weighted by molar-refractivity contribution is 8.00. The normalized spacial score (nSPS) is 32.0. The van der Waals surface area contributed by atoms with E-state index in [1.54, 1.807) is 37.3 Å². The quantitative estimate of drug-likeness (QED) is 0.822. The van der Waals surface area contributed by atoms with Gasteiger partial charge >= 0.3 is 5.97 Å². The zero-order valence-corrected chi connectivity index (χ0v) is 13.7. The number of esters is 1. The van der Waals surface area contributed by atoms with Gasteiger partial charge in [-0.3, -0.25) is 0 Å². The predicted molar refractivity (Wildman–Crippen MR) is 84.7 cm³/mol. The summed E-state index contributed by atoms with van der Waals surface area (Å²) in [5.74, 6) is -0.540. The summed E-state index contributed by atoms with van der Waals surface area (Å²) in [6, 6.07) is 8.54. The van der Waals surface area contributed by atoms with Crippen LogP contribution in [0.1, 0.15) is 31.1 Å². The van der Waals surface area contributed by atoms with E-state index in [1.807, 2.05) is 13.8 Å². The fraction of sp³-hybridized carbons (Fsp3) is 0.562. The molecule has 1 saturated heterocycles. The number of hydrogen-bond donors (Lipinski definition) is 2. The third-order valence-electron chi connectivity index (χ3n) is 3.44. The minimum atomic E-state index is -1.17. The number of carbonyl (C=O) groups excluding carboxylic acids is 1. The van der Waals surface area contributed by atoms with Gasteiger partial charge in [0.2, 0.25) is 0 Å². The van der Waals surface area contributed by atoms with Crippen LogP contribution in [-0.2, 0) is 9.47 Å². The first kappa shape index (κ1) is 17.3. The fourth-order valence-corrected chi connectivity index (χ4v) is 3.41. The first-order valence-electron chi connectivity index (χ1n) is 7.33. The van der Waals surface area contributed by atoms with Gasteiger partial charge in [-0.1, -0.05) is 32.0 Å². The van der Waals surface area contributed by atoms with Crippen molar-refractivity contribution in [3.05, 3.63) is 35.9 Å². The average molecular weight is 326 g/mol. The maximum atomic E-state index is 12.1. The third kappa shape index (κ3) is 4.01. The summed E-state index contributed by atoms with van der Waals surface area (Å²) in [5, 5.41) is 20.7. The summed E-state index contributed by atoms with van der Waals surface area (Å²) in [5.41, 5.74) is -0.133. The summed E-state index contributed by atoms with van der Waals surface area (Å²) >= 11 is 1.44. The average Bonchev–Trinajstić information content (AvgIpc) is 2.49. The van der Waals surface area contributed by atoms with Gasteiger partial charge in [-0.15, -0.1) is 11.8 Å². The maximum Gasteiger partial charge on any atom is 0.338 e. The lowest BCUT2D eigenvalue weighted by Crippen LogP contribution is -2.57. The fourth-order valence-electron chi connectivity index (χ4n) is 2.31. The number of rotatable bonds is 4. The van der Waals surface area contributed by atoms with Gasteiger partial charge < -0.3 is 19.7 Å². The van der Waals surface area contributed by atoms with Gasteiger partial charge in [-0.2, -0.15) is 0 Å². The van der Waals surface area contributed by atoms with Crippen LogP contribution in [0, 0.1) is 0 Å². The van der Waals surface area contributed by atoms with Crippen LogP contribution in [0.25, 0.3) is 0 Å². The highest BCUT2D eigenvalue weighted by Gasteiger charge is 2.45. The van der Waals surface area contributed by atoms with Crippen molar-refractivity contribution in [3.63, 3.8) is 0 Å². The van der Waals surface area contributed by atoms with Gasteiger partial charge in [0.1, 0.15) is 17.6 Å². The summed E-state index contributed by atoms with van der Waals surface area (Å²) in [6.07, 6.45) is -3.67. The van der Waals surface area contributed by atoms with Crippen molar-refractivity contribution in [2.24, 2.45) is 0 Å². The number of carbonyl (C=O) groups is 1. The lowest BCUT2D eigenvalue weighted by Gasteiger charge is -2.41. The Kier molecular flexibility index (Phi) is 5.86. The topological polar surface area (TPSA) is 76.0 Å². The molecular weight excluding hydrogens is 304 g/mol. The molecule has 1 heterocycles. The molecule has 1 aromatic carbocycles. The van der Waals surface area contributed by atoms with Gasteiger partial charge in [-0.05, 0) is 19.1 Å². The molecule has 2 rings (SSSR count). The molecule has 0 unspecified atom stereocenters. The van der Waals surface area contributed by atoms with Crippen molar-refractivity contribution in [2.75, 3.05) is 0 Å². The zero-order chi connectivity index (χ0) is 16.3. The predicted octanol–water partition coefficient (Wildman–Crippen LogP) is 1.82. The minimum Gasteiger partial charge on any atom is -0.453 e. The Morgan fingerprint density at radius 3 is 2.45 bits per heavy atom. The van der Waals surface area contributed by atoms with Crippen molar-refractivity contribution >= 4 is 17.7 Å². The van der Waals surface area contributed by atoms with Crippen molar-refractivity contribution in [3.8, 4) is 0 Å². The Hall–Kier alpha value is -1.08. The summed E-state index contributed by atoms with van der Waals surface area (Å²) in [6.45, 7) is 5.70. The SMILES string of the molecule is CC(C)S[C@@H]1O[C@@H](C)[C@H](OC(=O)c2ccccc2)[C@@H](O)[C@H]1O. The van der Waals surface area contributed by atoms with E-state index in [-0.39, 0.29) is 5.25 Å². The third-order valence-corrected chi connectivity index (χ3v) is 4.64. The maximum absolute atomic E-state index is 12.1. The van der Waals surface area contributed by atoms with Crippen LogP contribution >= 0.6 is 11.8 Å². The lowest BCUT2D eigenvalue weighted by atomic mass is 10.0. The number of hydrogen-bond acceptors (Lipinski definition) is 6. The Morgan fingerprint density at radius 1 is 1.23 bits per heavy atom. The second-order valence-corrected chi connectivity index (χ2v) is 7.29. The Morgan fingerprint density at radius 2 is 1.86 bits per heavy atom. The van der Waals surface area contributed by atoms with Crippen LogP contribution in [0.15, 0.2) is 30.3 Å². The van der Waals surface area contributed by atoms with Crippen molar-refractivity contribution in [2.45, 2.75) is 55.9 Å². The highest BCUT2D eigenvalue weighted by atomic mass is 32.2. The highest BCUT2D eigenvalue weighted by Crippen LogP contribution is 2.32. The smallest absolute Gasteiger partial charge is 0.338 e. The number of ether oxygens (including phenoxy) is 2. The van der Waals surface area contributed by atoms with E-state index in [2.05, 4.69) is 0 Å². The van der Waals surface area contributed by atoms with Crippen LogP contribution in [-0.4, -0.2) is 51.3 Å². The zero-order valence-electron chi connectivity index (χ0n) is 12.9. The molecule has 1 aliphatic rings. The summed E-state index contributed by atoms with van der Waals surface area (Å²) in [7, 11) is 0. The molecule has 5 atom stereocenters. The van der Waals surface area contributed by atoms with Gasteiger partial charge in [0.25, 0.3) is 0 Å². The molecule has 0 aromatic heterocycles. The minimum absolute atomic E-state index is 0.252. The van der Waals surface area contributed by atoms with Crippen LogP contribution in [0.4, 0.5) is 0 Å². The number of benzene rings is 1. The number of thioether (sulfide) groups is 1. The Bertz CT molecular complexity index is 493. The number of aliphatic hydroxyl groups is 2. The summed E-state index contributed by atoms with van der Waals surface area (Å²) in [4.78, 5) is 12.1. The molecule has 1 fully saturated rings. The van der Waals surface area contributed by atoms with Crippen LogP contribution in [0.5, 0.6) is 0 Å². The Labute approximate surface area is 134 Å². The van der Waals surface area contributed by atoms with Gasteiger partial charge in [0, 0.05) is 5.25 Å². The van der Waals surface area contributed by atoms with Gasteiger partial charge in [0.05, 0.1) is 11.7 Å². The largest absolute Gasteiger partial charge is 0.453 e. The van der Waals surface area contributed by atoms with E-state index in [4.69, 9.17) is 9.47 Å². The van der Waals surface area contributed by atoms with E-state index in [9.17, 15) is 15.0 Å². The van der Waals surface area contributed by atoms with E-state index in [0.717, 1.165) is 0 Å². The van der Waals surface area contributed by atoms with E-state index in [0.29, 0.717) is 5.56 Å². The first-order valence-corrected chi connectivity index (χ1v) is 8.27. The molecule has 5 nitrogen and oxygen atoms in total. The molecule has 0 spiro atoms. The molecule has 122 valence electrons. The molecule has 0 bridgehead atoms. The molecule has 0 aliphatic carbocycles. The molecule has 1 aromatic rings. The number of aliphatic hydroxyl groups excluding tert-OH is 2. The van der Waals surface area contributed by atoms with Crippen LogP contribution in [0.2, 0.25) is 0 Å². The monoisotopic (exact) mass is 326 g/mol. The molecule has 0 saturated carbocycles. The molecule has 6 heteroatoms. The molecule has 2 N–H and O–H groups in total. The molecule has 0 radical (unpaired) electrons. The van der Waals surface area contributed by atoms with Gasteiger partial charge in [0.15, 0.2) is 6.10 Å². The molecule has 1 aliphatic heterocycles. The first-order chi connectivity index (χ1) is 10.4. The van der Waals surface area contributed by atoms with Crippen molar-refractivity contribution in [1.82, 2.24) is 0 Å². The second-order valence-electron chi connectivity index (χ2n) is 5.61. The van der Waals surface area contributed by atoms with Crippen LogP contribution in [0.3, 0.4) is 0 Å². The molecule has 0 amide bonds. The summed E-state index contributed by atoms with van der Waals surface area (Å²) < 4.78 is 11.0. The van der Waals surface area contributed by atoms with Gasteiger partial charge in [-0.25, -0.2) is 4.79 Å². The Balaban J connectivity index is 2.04. The van der Waals surface area contributed by atoms with Crippen molar-refractivity contribution in [1.29, 1.82) is 0 Å².